The molecule has 0 bridgehead atoms. The molecule has 0 saturated heterocycles. The lowest BCUT2D eigenvalue weighted by Gasteiger charge is -2.19. The summed E-state index contributed by atoms with van der Waals surface area (Å²) in [5, 5.41) is 0.0670. The van der Waals surface area contributed by atoms with Crippen molar-refractivity contribution in [1.82, 2.24) is 0 Å². The highest BCUT2D eigenvalue weighted by atomic mass is 32.2. The highest BCUT2D eigenvalue weighted by molar-refractivity contribution is 8.13. The second-order valence-electron chi connectivity index (χ2n) is 6.33. The monoisotopic (exact) mass is 372 g/mol. The van der Waals surface area contributed by atoms with E-state index in [1.165, 1.54) is 22.9 Å². The lowest BCUT2D eigenvalue weighted by molar-refractivity contribution is -0.109. The van der Waals surface area contributed by atoms with Crippen LogP contribution in [0.3, 0.4) is 0 Å². The summed E-state index contributed by atoms with van der Waals surface area (Å²) in [4.78, 5) is 11.3. The summed E-state index contributed by atoms with van der Waals surface area (Å²) in [7, 11) is 0. The van der Waals surface area contributed by atoms with E-state index in [0.29, 0.717) is 18.3 Å². The van der Waals surface area contributed by atoms with Crippen LogP contribution in [-0.2, 0) is 16.0 Å². The number of carbonyl (C=O) groups excluding carboxylic acids is 1. The van der Waals surface area contributed by atoms with Crippen molar-refractivity contribution in [3.05, 3.63) is 65.7 Å². The predicted octanol–water partition coefficient (Wildman–Crippen LogP) is 5.44. The van der Waals surface area contributed by atoms with Gasteiger partial charge in [0.05, 0.1) is 12.4 Å². The summed E-state index contributed by atoms with van der Waals surface area (Å²) in [5.74, 6) is 1.79. The van der Waals surface area contributed by atoms with Gasteiger partial charge in [0.25, 0.3) is 0 Å². The largest absolute Gasteiger partial charge is 0.464 e. The van der Waals surface area contributed by atoms with Crippen LogP contribution in [0.2, 0.25) is 0 Å². The van der Waals surface area contributed by atoms with Crippen LogP contribution in [0.5, 0.6) is 5.75 Å². The quantitative estimate of drug-likeness (QED) is 0.520. The summed E-state index contributed by atoms with van der Waals surface area (Å²) in [6.07, 6.45) is 1.49. The van der Waals surface area contributed by atoms with Crippen LogP contribution < -0.4 is 4.74 Å². The zero-order chi connectivity index (χ0) is 18.8. The zero-order valence-corrected chi connectivity index (χ0v) is 16.6. The molecule has 0 amide bonds. The van der Waals surface area contributed by atoms with Gasteiger partial charge >= 0.3 is 0 Å². The Kier molecular flexibility index (Phi) is 8.72. The second-order valence-corrected chi connectivity index (χ2v) is 7.53. The van der Waals surface area contributed by atoms with Gasteiger partial charge in [-0.05, 0) is 42.0 Å². The van der Waals surface area contributed by atoms with E-state index in [0.717, 1.165) is 18.6 Å². The third kappa shape index (κ3) is 7.22. The zero-order valence-electron chi connectivity index (χ0n) is 15.8. The van der Waals surface area contributed by atoms with Crippen LogP contribution in [0.1, 0.15) is 44.2 Å². The number of ether oxygens (including phenoxy) is 2. The average molecular weight is 373 g/mol. The molecule has 0 aromatic heterocycles. The molecule has 2 unspecified atom stereocenters. The van der Waals surface area contributed by atoms with E-state index < -0.39 is 6.29 Å². The van der Waals surface area contributed by atoms with Gasteiger partial charge in [-0.25, -0.2) is 0 Å². The Hall–Kier alpha value is -1.78. The number of carbonyl (C=O) groups is 1. The van der Waals surface area contributed by atoms with Gasteiger partial charge in [0.1, 0.15) is 5.75 Å². The molecule has 0 radical (unpaired) electrons. The van der Waals surface area contributed by atoms with E-state index in [1.54, 1.807) is 6.92 Å². The lowest BCUT2D eigenvalue weighted by atomic mass is 9.99. The first-order valence-corrected chi connectivity index (χ1v) is 10.1. The Bertz CT molecular complexity index is 655. The fourth-order valence-electron chi connectivity index (χ4n) is 2.52. The molecule has 0 aliphatic rings. The first kappa shape index (κ1) is 20.5. The minimum Gasteiger partial charge on any atom is -0.464 e. The molecule has 2 aromatic carbocycles. The van der Waals surface area contributed by atoms with E-state index in [1.807, 2.05) is 30.3 Å². The minimum absolute atomic E-state index is 0.0670. The van der Waals surface area contributed by atoms with Gasteiger partial charge in [-0.2, -0.15) is 0 Å². The molecule has 2 aromatic rings. The van der Waals surface area contributed by atoms with Crippen molar-refractivity contribution < 1.29 is 14.3 Å². The van der Waals surface area contributed by atoms with E-state index in [-0.39, 0.29) is 5.12 Å². The highest BCUT2D eigenvalue weighted by Gasteiger charge is 2.13. The van der Waals surface area contributed by atoms with Crippen LogP contribution in [-0.4, -0.2) is 23.8 Å². The van der Waals surface area contributed by atoms with Gasteiger partial charge in [0.15, 0.2) is 5.12 Å². The molecular weight excluding hydrogens is 344 g/mol. The number of thioether (sulfide) groups is 1. The fourth-order valence-corrected chi connectivity index (χ4v) is 3.05. The Labute approximate surface area is 161 Å². The molecule has 0 spiro atoms. The van der Waals surface area contributed by atoms with Crippen LogP contribution in [0.15, 0.2) is 54.6 Å². The molecule has 2 atom stereocenters. The maximum absolute atomic E-state index is 11.3. The molecule has 0 fully saturated rings. The van der Waals surface area contributed by atoms with Crippen molar-refractivity contribution >= 4 is 16.9 Å². The van der Waals surface area contributed by atoms with E-state index >= 15 is 0 Å². The van der Waals surface area contributed by atoms with E-state index in [2.05, 4.69) is 38.1 Å². The van der Waals surface area contributed by atoms with Gasteiger partial charge < -0.3 is 9.47 Å². The Morgan fingerprint density at radius 3 is 2.38 bits per heavy atom. The first-order valence-electron chi connectivity index (χ1n) is 9.14. The summed E-state index contributed by atoms with van der Waals surface area (Å²) in [5.41, 5.74) is 2.53. The van der Waals surface area contributed by atoms with Gasteiger partial charge in [0, 0.05) is 6.92 Å². The SMILES string of the molecule is CCC(C)c1ccc(OC(CSC(C)=O)OCCc2ccccc2)cc1. The lowest BCUT2D eigenvalue weighted by Crippen LogP contribution is -2.25. The highest BCUT2D eigenvalue weighted by Crippen LogP contribution is 2.23. The molecule has 2 rings (SSSR count). The van der Waals surface area contributed by atoms with Crippen LogP contribution in [0.4, 0.5) is 0 Å². The van der Waals surface area contributed by atoms with Gasteiger partial charge in [-0.15, -0.1) is 0 Å². The molecule has 26 heavy (non-hydrogen) atoms. The molecule has 140 valence electrons. The van der Waals surface area contributed by atoms with Crippen molar-refractivity contribution in [2.45, 2.75) is 45.8 Å². The third-order valence-corrected chi connectivity index (χ3v) is 5.13. The third-order valence-electron chi connectivity index (χ3n) is 4.29. The smallest absolute Gasteiger partial charge is 0.209 e. The van der Waals surface area contributed by atoms with Crippen LogP contribution in [0.25, 0.3) is 0 Å². The normalized spacial score (nSPS) is 13.2. The van der Waals surface area contributed by atoms with Crippen molar-refractivity contribution in [2.24, 2.45) is 0 Å². The van der Waals surface area contributed by atoms with Crippen molar-refractivity contribution in [2.75, 3.05) is 12.4 Å². The van der Waals surface area contributed by atoms with Crippen LogP contribution >= 0.6 is 11.8 Å². The number of benzene rings is 2. The standard InChI is InChI=1S/C22H28O3S/c1-4-17(2)20-10-12-21(13-11-20)25-22(16-26-18(3)23)24-15-14-19-8-6-5-7-9-19/h5-13,17,22H,4,14-16H2,1-3H3. The number of hydrogen-bond acceptors (Lipinski definition) is 4. The van der Waals surface area contributed by atoms with Crippen LogP contribution in [0, 0.1) is 0 Å². The molecule has 0 aliphatic carbocycles. The number of rotatable bonds is 10. The average Bonchev–Trinajstić information content (AvgIpc) is 2.66. The van der Waals surface area contributed by atoms with Crippen molar-refractivity contribution in [1.29, 1.82) is 0 Å². The topological polar surface area (TPSA) is 35.5 Å². The molecule has 0 N–H and O–H groups in total. The Morgan fingerprint density at radius 1 is 1.08 bits per heavy atom. The van der Waals surface area contributed by atoms with Gasteiger partial charge in [-0.1, -0.05) is 68.1 Å². The summed E-state index contributed by atoms with van der Waals surface area (Å²) < 4.78 is 11.9. The maximum Gasteiger partial charge on any atom is 0.209 e. The maximum atomic E-state index is 11.3. The molecule has 0 saturated carbocycles. The Balaban J connectivity index is 1.91. The first-order chi connectivity index (χ1) is 12.6. The fraction of sp³-hybridized carbons (Fsp3) is 0.409. The molecule has 4 heteroatoms. The summed E-state index contributed by atoms with van der Waals surface area (Å²) in [6.45, 7) is 6.52. The molecule has 0 heterocycles. The molecule has 0 aliphatic heterocycles. The van der Waals surface area contributed by atoms with Crippen molar-refractivity contribution in [3.8, 4) is 5.75 Å². The molecule has 3 nitrogen and oxygen atoms in total. The van der Waals surface area contributed by atoms with Gasteiger partial charge in [0.2, 0.25) is 6.29 Å². The van der Waals surface area contributed by atoms with Gasteiger partial charge in [-0.3, -0.25) is 4.79 Å². The Morgan fingerprint density at radius 2 is 1.77 bits per heavy atom. The minimum atomic E-state index is -0.443. The molecular formula is C22H28O3S. The number of hydrogen-bond donors (Lipinski definition) is 0. The second kappa shape index (κ2) is 11.0. The predicted molar refractivity (Wildman–Crippen MR) is 109 cm³/mol. The van der Waals surface area contributed by atoms with E-state index in [9.17, 15) is 4.79 Å². The summed E-state index contributed by atoms with van der Waals surface area (Å²) >= 11 is 1.23. The summed E-state index contributed by atoms with van der Waals surface area (Å²) in [6, 6.07) is 18.4. The van der Waals surface area contributed by atoms with Crippen molar-refractivity contribution in [3.63, 3.8) is 0 Å². The van der Waals surface area contributed by atoms with E-state index in [4.69, 9.17) is 9.47 Å².